The van der Waals surface area contributed by atoms with E-state index < -0.39 is 0 Å². The van der Waals surface area contributed by atoms with E-state index in [0.29, 0.717) is 11.8 Å². The molecule has 2 aliphatic rings. The summed E-state index contributed by atoms with van der Waals surface area (Å²) >= 11 is 0. The molecule has 0 saturated heterocycles. The van der Waals surface area contributed by atoms with Gasteiger partial charge in [-0.3, -0.25) is 4.79 Å². The second-order valence-corrected chi connectivity index (χ2v) is 4.68. The van der Waals surface area contributed by atoms with E-state index in [-0.39, 0.29) is 5.91 Å². The Hall–Kier alpha value is -0.830. The van der Waals surface area contributed by atoms with Crippen molar-refractivity contribution in [3.8, 4) is 0 Å². The molecule has 0 aromatic rings. The molecular weight excluding hydrogens is 188 g/mol. The highest BCUT2D eigenvalue weighted by molar-refractivity contribution is 5.81. The van der Waals surface area contributed by atoms with Crippen molar-refractivity contribution < 1.29 is 4.79 Å². The fourth-order valence-electron chi connectivity index (χ4n) is 2.06. The van der Waals surface area contributed by atoms with E-state index in [0.717, 1.165) is 38.9 Å². The summed E-state index contributed by atoms with van der Waals surface area (Å²) in [6.45, 7) is 5.02. The Morgan fingerprint density at radius 1 is 1.67 bits per heavy atom. The quantitative estimate of drug-likeness (QED) is 0.678. The Morgan fingerprint density at radius 2 is 2.47 bits per heavy atom. The molecule has 1 aliphatic carbocycles. The minimum Gasteiger partial charge on any atom is -0.356 e. The van der Waals surface area contributed by atoms with Crippen LogP contribution in [-0.2, 0) is 4.79 Å². The molecule has 0 aromatic carbocycles. The minimum absolute atomic E-state index is 0.261. The Kier molecular flexibility index (Phi) is 3.41. The molecule has 2 rings (SSSR count). The van der Waals surface area contributed by atoms with Crippen LogP contribution in [0.1, 0.15) is 26.2 Å². The number of hydrogen-bond acceptors (Lipinski definition) is 2. The van der Waals surface area contributed by atoms with Gasteiger partial charge in [0, 0.05) is 19.0 Å². The second kappa shape index (κ2) is 4.79. The molecule has 0 radical (unpaired) electrons. The van der Waals surface area contributed by atoms with Gasteiger partial charge in [0.15, 0.2) is 0 Å². The average Bonchev–Trinajstić information content (AvgIpc) is 2.97. The van der Waals surface area contributed by atoms with Crippen molar-refractivity contribution in [1.82, 2.24) is 10.6 Å². The molecule has 1 fully saturated rings. The average molecular weight is 208 g/mol. The van der Waals surface area contributed by atoms with Gasteiger partial charge < -0.3 is 10.6 Å². The van der Waals surface area contributed by atoms with E-state index in [2.05, 4.69) is 23.6 Å². The summed E-state index contributed by atoms with van der Waals surface area (Å²) in [7, 11) is 0. The van der Waals surface area contributed by atoms with Crippen LogP contribution < -0.4 is 10.6 Å². The molecule has 2 atom stereocenters. The molecule has 2 N–H and O–H groups in total. The number of hydrogen-bond donors (Lipinski definition) is 2. The zero-order valence-electron chi connectivity index (χ0n) is 9.38. The Bertz CT molecular complexity index is 273. The topological polar surface area (TPSA) is 41.1 Å². The van der Waals surface area contributed by atoms with Crippen LogP contribution in [0.2, 0.25) is 0 Å². The first-order valence-corrected chi connectivity index (χ1v) is 5.93. The van der Waals surface area contributed by atoms with Crippen LogP contribution in [0.15, 0.2) is 11.6 Å². The fourth-order valence-corrected chi connectivity index (χ4v) is 2.06. The van der Waals surface area contributed by atoms with Gasteiger partial charge in [0.2, 0.25) is 5.91 Å². The highest BCUT2D eigenvalue weighted by atomic mass is 16.2. The van der Waals surface area contributed by atoms with Crippen molar-refractivity contribution in [2.75, 3.05) is 19.6 Å². The molecule has 3 nitrogen and oxygen atoms in total. The van der Waals surface area contributed by atoms with Crippen LogP contribution in [0.25, 0.3) is 0 Å². The summed E-state index contributed by atoms with van der Waals surface area (Å²) in [4.78, 5) is 11.5. The molecule has 15 heavy (non-hydrogen) atoms. The largest absolute Gasteiger partial charge is 0.356 e. The first kappa shape index (κ1) is 10.7. The summed E-state index contributed by atoms with van der Waals surface area (Å²) in [6.07, 6.45) is 5.48. The van der Waals surface area contributed by atoms with E-state index in [1.807, 2.05) is 0 Å². The maximum absolute atomic E-state index is 11.5. The van der Waals surface area contributed by atoms with Gasteiger partial charge in [-0.2, -0.15) is 0 Å². The first-order chi connectivity index (χ1) is 7.27. The van der Waals surface area contributed by atoms with Gasteiger partial charge in [-0.05, 0) is 31.7 Å². The first-order valence-electron chi connectivity index (χ1n) is 5.93. The van der Waals surface area contributed by atoms with E-state index in [4.69, 9.17) is 0 Å². The molecule has 1 aliphatic heterocycles. The molecule has 1 heterocycles. The van der Waals surface area contributed by atoms with Crippen LogP contribution in [0.4, 0.5) is 0 Å². The highest BCUT2D eigenvalue weighted by Gasteiger charge is 2.38. The summed E-state index contributed by atoms with van der Waals surface area (Å²) in [5, 5.41) is 6.31. The van der Waals surface area contributed by atoms with Gasteiger partial charge in [-0.1, -0.05) is 18.6 Å². The molecule has 84 valence electrons. The summed E-state index contributed by atoms with van der Waals surface area (Å²) in [5.41, 5.74) is 1.48. The highest BCUT2D eigenvalue weighted by Crippen LogP contribution is 2.37. The van der Waals surface area contributed by atoms with Crippen LogP contribution in [-0.4, -0.2) is 25.5 Å². The van der Waals surface area contributed by atoms with Crippen LogP contribution in [0.5, 0.6) is 0 Å². The Balaban J connectivity index is 1.62. The summed E-state index contributed by atoms with van der Waals surface area (Å²) < 4.78 is 0. The number of amides is 1. The lowest BCUT2D eigenvalue weighted by Crippen LogP contribution is -2.28. The van der Waals surface area contributed by atoms with Crippen molar-refractivity contribution in [3.05, 3.63) is 11.6 Å². The summed E-state index contributed by atoms with van der Waals surface area (Å²) in [6, 6.07) is 0. The maximum Gasteiger partial charge on any atom is 0.223 e. The predicted octanol–water partition coefficient (Wildman–Crippen LogP) is 1.07. The number of carbonyl (C=O) groups is 1. The molecular formula is C12H20N2O. The van der Waals surface area contributed by atoms with Crippen molar-refractivity contribution in [2.45, 2.75) is 26.2 Å². The van der Waals surface area contributed by atoms with E-state index in [9.17, 15) is 4.79 Å². The SMILES string of the molecule is CC1CC1C(=O)NCCC1=CCNCC1. The van der Waals surface area contributed by atoms with Crippen LogP contribution in [0.3, 0.4) is 0 Å². The van der Waals surface area contributed by atoms with E-state index in [1.165, 1.54) is 5.57 Å². The van der Waals surface area contributed by atoms with Crippen molar-refractivity contribution in [1.29, 1.82) is 0 Å². The maximum atomic E-state index is 11.5. The molecule has 0 bridgehead atoms. The van der Waals surface area contributed by atoms with Gasteiger partial charge in [-0.15, -0.1) is 0 Å². The second-order valence-electron chi connectivity index (χ2n) is 4.68. The molecule has 0 spiro atoms. The van der Waals surface area contributed by atoms with Crippen molar-refractivity contribution in [2.24, 2.45) is 11.8 Å². The summed E-state index contributed by atoms with van der Waals surface area (Å²) in [5.74, 6) is 1.19. The molecule has 0 aromatic heterocycles. The van der Waals surface area contributed by atoms with E-state index >= 15 is 0 Å². The van der Waals surface area contributed by atoms with Crippen LogP contribution in [0, 0.1) is 11.8 Å². The molecule has 2 unspecified atom stereocenters. The van der Waals surface area contributed by atoms with Crippen molar-refractivity contribution >= 4 is 5.91 Å². The zero-order chi connectivity index (χ0) is 10.7. The molecule has 1 saturated carbocycles. The smallest absolute Gasteiger partial charge is 0.223 e. The lowest BCUT2D eigenvalue weighted by molar-refractivity contribution is -0.122. The van der Waals surface area contributed by atoms with Crippen LogP contribution >= 0.6 is 0 Å². The van der Waals surface area contributed by atoms with Gasteiger partial charge in [0.1, 0.15) is 0 Å². The van der Waals surface area contributed by atoms with E-state index in [1.54, 1.807) is 0 Å². The van der Waals surface area contributed by atoms with Gasteiger partial charge in [0.25, 0.3) is 0 Å². The zero-order valence-corrected chi connectivity index (χ0v) is 9.38. The standard InChI is InChI=1S/C12H20N2O/c1-9-8-11(9)12(15)14-7-4-10-2-5-13-6-3-10/h2,9,11,13H,3-8H2,1H3,(H,14,15). The predicted molar refractivity (Wildman–Crippen MR) is 60.5 cm³/mol. The third kappa shape index (κ3) is 3.06. The molecule has 3 heteroatoms. The normalized spacial score (nSPS) is 29.5. The third-order valence-electron chi connectivity index (χ3n) is 3.35. The third-order valence-corrected chi connectivity index (χ3v) is 3.35. The number of nitrogens with one attached hydrogen (secondary N) is 2. The lowest BCUT2D eigenvalue weighted by atomic mass is 10.1. The minimum atomic E-state index is 0.261. The monoisotopic (exact) mass is 208 g/mol. The molecule has 1 amide bonds. The Morgan fingerprint density at radius 3 is 3.07 bits per heavy atom. The number of carbonyl (C=O) groups excluding carboxylic acids is 1. The van der Waals surface area contributed by atoms with Crippen molar-refractivity contribution in [3.63, 3.8) is 0 Å². The lowest BCUT2D eigenvalue weighted by Gasteiger charge is -2.14. The fraction of sp³-hybridized carbons (Fsp3) is 0.750. The van der Waals surface area contributed by atoms with Gasteiger partial charge >= 0.3 is 0 Å². The van der Waals surface area contributed by atoms with Gasteiger partial charge in [0.05, 0.1) is 0 Å². The van der Waals surface area contributed by atoms with Gasteiger partial charge in [-0.25, -0.2) is 0 Å². The Labute approximate surface area is 91.3 Å². The number of rotatable bonds is 4.